The first kappa shape index (κ1) is 17.5. The molecule has 7 nitrogen and oxygen atoms in total. The number of benzene rings is 2. The quantitative estimate of drug-likeness (QED) is 0.634. The van der Waals surface area contributed by atoms with Gasteiger partial charge in [-0.3, -0.25) is 10.00 Å². The van der Waals surface area contributed by atoms with Crippen molar-refractivity contribution < 1.29 is 14.7 Å². The van der Waals surface area contributed by atoms with Crippen LogP contribution in [0.15, 0.2) is 60.8 Å². The maximum atomic E-state index is 12.1. The third-order valence-corrected chi connectivity index (χ3v) is 3.77. The van der Waals surface area contributed by atoms with Crippen LogP contribution in [0.5, 0.6) is 0 Å². The fourth-order valence-corrected chi connectivity index (χ4v) is 2.45. The summed E-state index contributed by atoms with van der Waals surface area (Å²) >= 11 is 5.80. The summed E-state index contributed by atoms with van der Waals surface area (Å²) in [6.07, 6.45) is 1.38. The largest absolute Gasteiger partial charge is 0.477 e. The van der Waals surface area contributed by atoms with Crippen molar-refractivity contribution in [3.8, 4) is 0 Å². The molecule has 0 unspecified atom stereocenters. The van der Waals surface area contributed by atoms with E-state index in [-0.39, 0.29) is 11.4 Å². The van der Waals surface area contributed by atoms with E-state index in [9.17, 15) is 14.7 Å². The van der Waals surface area contributed by atoms with E-state index in [4.69, 9.17) is 11.6 Å². The minimum atomic E-state index is -1.17. The zero-order valence-corrected chi connectivity index (χ0v) is 14.3. The number of aromatic nitrogens is 2. The number of carbonyl (C=O) groups excluding carboxylic acids is 1. The molecule has 0 spiro atoms. The second-order valence-electron chi connectivity index (χ2n) is 5.47. The van der Waals surface area contributed by atoms with Crippen molar-refractivity contribution >= 4 is 35.1 Å². The van der Waals surface area contributed by atoms with Crippen molar-refractivity contribution in [2.24, 2.45) is 0 Å². The fourth-order valence-electron chi connectivity index (χ4n) is 2.32. The van der Waals surface area contributed by atoms with Crippen molar-refractivity contribution in [2.45, 2.75) is 6.54 Å². The van der Waals surface area contributed by atoms with Gasteiger partial charge < -0.3 is 10.4 Å². The summed E-state index contributed by atoms with van der Waals surface area (Å²) < 4.78 is 1.47. The first-order valence-corrected chi connectivity index (χ1v) is 8.07. The number of aromatic carboxylic acids is 1. The third-order valence-electron chi connectivity index (χ3n) is 3.51. The standard InChI is InChI=1S/C18H15ClN4O3/c19-13-6-8-14(9-7-13)20-18(26)21-16-15(17(24)25)11-23(22-16)10-12-4-2-1-3-5-12/h1-9,11H,10H2,(H,24,25)(H2,20,21,22,26). The number of hydrogen-bond acceptors (Lipinski definition) is 3. The Labute approximate surface area is 154 Å². The number of carbonyl (C=O) groups is 2. The monoisotopic (exact) mass is 370 g/mol. The Morgan fingerprint density at radius 1 is 1.04 bits per heavy atom. The molecule has 0 fully saturated rings. The van der Waals surface area contributed by atoms with Gasteiger partial charge in [0.2, 0.25) is 0 Å². The Bertz CT molecular complexity index is 923. The van der Waals surface area contributed by atoms with Crippen molar-refractivity contribution in [1.82, 2.24) is 9.78 Å². The highest BCUT2D eigenvalue weighted by molar-refractivity contribution is 6.30. The van der Waals surface area contributed by atoms with Crippen molar-refractivity contribution in [1.29, 1.82) is 0 Å². The molecule has 26 heavy (non-hydrogen) atoms. The Kier molecular flexibility index (Phi) is 5.19. The molecule has 0 saturated carbocycles. The lowest BCUT2D eigenvalue weighted by molar-refractivity contribution is 0.0698. The highest BCUT2D eigenvalue weighted by Crippen LogP contribution is 2.17. The van der Waals surface area contributed by atoms with Gasteiger partial charge in [-0.15, -0.1) is 0 Å². The zero-order chi connectivity index (χ0) is 18.5. The van der Waals surface area contributed by atoms with E-state index in [1.807, 2.05) is 30.3 Å². The van der Waals surface area contributed by atoms with Crippen LogP contribution in [0.2, 0.25) is 5.02 Å². The number of carboxylic acid groups (broad SMARTS) is 1. The normalized spacial score (nSPS) is 10.3. The lowest BCUT2D eigenvalue weighted by atomic mass is 10.2. The molecule has 0 saturated heterocycles. The van der Waals surface area contributed by atoms with Gasteiger partial charge in [-0.1, -0.05) is 41.9 Å². The molecule has 132 valence electrons. The predicted octanol–water partition coefficient (Wildman–Crippen LogP) is 3.93. The van der Waals surface area contributed by atoms with Crippen LogP contribution in [0.25, 0.3) is 0 Å². The maximum absolute atomic E-state index is 12.1. The van der Waals surface area contributed by atoms with Gasteiger partial charge in [-0.25, -0.2) is 9.59 Å². The average molecular weight is 371 g/mol. The second kappa shape index (κ2) is 7.71. The number of urea groups is 1. The molecule has 0 aliphatic carbocycles. The van der Waals surface area contributed by atoms with Gasteiger partial charge in [-0.2, -0.15) is 5.10 Å². The van der Waals surface area contributed by atoms with Crippen molar-refractivity contribution in [3.63, 3.8) is 0 Å². The number of hydrogen-bond donors (Lipinski definition) is 3. The number of amides is 2. The van der Waals surface area contributed by atoms with Gasteiger partial charge in [0.25, 0.3) is 0 Å². The Morgan fingerprint density at radius 2 is 1.73 bits per heavy atom. The molecule has 0 aliphatic heterocycles. The topological polar surface area (TPSA) is 96.3 Å². The number of nitrogens with zero attached hydrogens (tertiary/aromatic N) is 2. The van der Waals surface area contributed by atoms with E-state index in [0.717, 1.165) is 5.56 Å². The highest BCUT2D eigenvalue weighted by atomic mass is 35.5. The maximum Gasteiger partial charge on any atom is 0.341 e. The van der Waals surface area contributed by atoms with Gasteiger partial charge in [0.1, 0.15) is 5.56 Å². The highest BCUT2D eigenvalue weighted by Gasteiger charge is 2.18. The molecule has 2 amide bonds. The number of carboxylic acids is 1. The first-order chi connectivity index (χ1) is 12.5. The molecule has 3 aromatic rings. The Hall–Kier alpha value is -3.32. The molecule has 3 rings (SSSR count). The summed E-state index contributed by atoms with van der Waals surface area (Å²) in [5.74, 6) is -1.20. The molecule has 3 N–H and O–H groups in total. The lowest BCUT2D eigenvalue weighted by Crippen LogP contribution is -2.21. The van der Waals surface area contributed by atoms with E-state index in [0.29, 0.717) is 17.3 Å². The lowest BCUT2D eigenvalue weighted by Gasteiger charge is -2.06. The minimum Gasteiger partial charge on any atom is -0.477 e. The zero-order valence-electron chi connectivity index (χ0n) is 13.5. The Balaban J connectivity index is 1.74. The molecular formula is C18H15ClN4O3. The summed E-state index contributed by atoms with van der Waals surface area (Å²) in [5, 5.41) is 19.1. The number of halogens is 1. The minimum absolute atomic E-state index is 0.0279. The molecule has 1 aromatic heterocycles. The van der Waals surface area contributed by atoms with Gasteiger partial charge in [0.05, 0.1) is 6.54 Å². The molecule has 0 radical (unpaired) electrons. The predicted molar refractivity (Wildman–Crippen MR) is 98.8 cm³/mol. The summed E-state index contributed by atoms with van der Waals surface area (Å²) in [4.78, 5) is 23.5. The van der Waals surface area contributed by atoms with Crippen LogP contribution >= 0.6 is 11.6 Å². The number of rotatable bonds is 5. The SMILES string of the molecule is O=C(Nc1ccc(Cl)cc1)Nc1nn(Cc2ccccc2)cc1C(=O)O. The summed E-state index contributed by atoms with van der Waals surface area (Å²) in [6.45, 7) is 0.390. The van der Waals surface area contributed by atoms with Gasteiger partial charge >= 0.3 is 12.0 Å². The Morgan fingerprint density at radius 3 is 2.38 bits per heavy atom. The van der Waals surface area contributed by atoms with Crippen molar-refractivity contribution in [3.05, 3.63) is 76.9 Å². The molecule has 0 bridgehead atoms. The fraction of sp³-hybridized carbons (Fsp3) is 0.0556. The summed E-state index contributed by atoms with van der Waals surface area (Å²) in [6, 6.07) is 15.4. The van der Waals surface area contributed by atoms with Crippen LogP contribution in [-0.2, 0) is 6.54 Å². The molecule has 0 atom stereocenters. The van der Waals surface area contributed by atoms with E-state index in [2.05, 4.69) is 15.7 Å². The summed E-state index contributed by atoms with van der Waals surface area (Å²) in [5.41, 5.74) is 1.39. The number of nitrogens with one attached hydrogen (secondary N) is 2. The van der Waals surface area contributed by atoms with Crippen molar-refractivity contribution in [2.75, 3.05) is 10.6 Å². The van der Waals surface area contributed by atoms with Crippen LogP contribution in [-0.4, -0.2) is 26.9 Å². The van der Waals surface area contributed by atoms with Crippen LogP contribution in [0.1, 0.15) is 15.9 Å². The van der Waals surface area contributed by atoms with E-state index >= 15 is 0 Å². The van der Waals surface area contributed by atoms with Gasteiger partial charge in [0.15, 0.2) is 5.82 Å². The smallest absolute Gasteiger partial charge is 0.341 e. The second-order valence-corrected chi connectivity index (χ2v) is 5.90. The third kappa shape index (κ3) is 4.40. The van der Waals surface area contributed by atoms with E-state index in [1.165, 1.54) is 10.9 Å². The molecule has 0 aliphatic rings. The van der Waals surface area contributed by atoms with Crippen LogP contribution < -0.4 is 10.6 Å². The average Bonchev–Trinajstić information content (AvgIpc) is 3.00. The molecular weight excluding hydrogens is 356 g/mol. The van der Waals surface area contributed by atoms with Gasteiger partial charge in [-0.05, 0) is 29.8 Å². The molecule has 2 aromatic carbocycles. The molecule has 1 heterocycles. The molecule has 8 heteroatoms. The van der Waals surface area contributed by atoms with E-state index < -0.39 is 12.0 Å². The first-order valence-electron chi connectivity index (χ1n) is 7.69. The van der Waals surface area contributed by atoms with Crippen LogP contribution in [0, 0.1) is 0 Å². The number of anilines is 2. The van der Waals surface area contributed by atoms with Crippen LogP contribution in [0.3, 0.4) is 0 Å². The van der Waals surface area contributed by atoms with E-state index in [1.54, 1.807) is 24.3 Å². The van der Waals surface area contributed by atoms with Gasteiger partial charge in [0, 0.05) is 16.9 Å². The van der Waals surface area contributed by atoms with Crippen LogP contribution in [0.4, 0.5) is 16.3 Å². The summed E-state index contributed by atoms with van der Waals surface area (Å²) in [7, 11) is 0.